The van der Waals surface area contributed by atoms with Gasteiger partial charge in [0.1, 0.15) is 10.7 Å². The van der Waals surface area contributed by atoms with E-state index in [1.165, 1.54) is 0 Å². The maximum Gasteiger partial charge on any atom is 0.260 e. The molecule has 0 spiro atoms. The topological polar surface area (TPSA) is 88.8 Å². The number of nitrogens with two attached hydrogens (primary N) is 1. The van der Waals surface area contributed by atoms with Crippen molar-refractivity contribution in [2.45, 2.75) is 13.8 Å². The van der Waals surface area contributed by atoms with Crippen molar-refractivity contribution >= 4 is 27.5 Å². The van der Waals surface area contributed by atoms with E-state index >= 15 is 0 Å². The van der Waals surface area contributed by atoms with Crippen molar-refractivity contribution in [3.8, 4) is 11.4 Å². The lowest BCUT2D eigenvalue weighted by atomic mass is 10.1. The Bertz CT molecular complexity index is 924. The number of amides is 1. The summed E-state index contributed by atoms with van der Waals surface area (Å²) in [6.45, 7) is 3.68. The highest BCUT2D eigenvalue weighted by atomic mass is 32.1. The molecule has 2 heterocycles. The van der Waals surface area contributed by atoms with Crippen LogP contribution in [-0.2, 0) is 0 Å². The SMILES string of the molecule is Cc1cccc(-c2nc3sc(C(N)=O)c(C)c3c(=O)[nH]2)c1. The van der Waals surface area contributed by atoms with Crippen LogP contribution in [0, 0.1) is 13.8 Å². The minimum Gasteiger partial charge on any atom is -0.365 e. The fraction of sp³-hybridized carbons (Fsp3) is 0.133. The van der Waals surface area contributed by atoms with Crippen LogP contribution in [0.1, 0.15) is 20.8 Å². The first kappa shape index (κ1) is 13.5. The van der Waals surface area contributed by atoms with Gasteiger partial charge in [-0.2, -0.15) is 0 Å². The van der Waals surface area contributed by atoms with Gasteiger partial charge in [-0.1, -0.05) is 23.8 Å². The number of aromatic amines is 1. The molecule has 0 fully saturated rings. The number of primary amides is 1. The van der Waals surface area contributed by atoms with Crippen LogP contribution in [0.3, 0.4) is 0 Å². The lowest BCUT2D eigenvalue weighted by Crippen LogP contribution is -2.12. The second-order valence-electron chi connectivity index (χ2n) is 4.88. The summed E-state index contributed by atoms with van der Waals surface area (Å²) in [6.07, 6.45) is 0. The Morgan fingerprint density at radius 3 is 2.76 bits per heavy atom. The molecule has 3 rings (SSSR count). The number of nitrogens with one attached hydrogen (secondary N) is 1. The molecule has 0 aliphatic heterocycles. The summed E-state index contributed by atoms with van der Waals surface area (Å²) in [6, 6.07) is 7.70. The first-order valence-corrected chi connectivity index (χ1v) is 7.19. The number of aryl methyl sites for hydroxylation is 2. The minimum absolute atomic E-state index is 0.252. The van der Waals surface area contributed by atoms with Crippen LogP contribution < -0.4 is 11.3 Å². The molecular weight excluding hydrogens is 286 g/mol. The number of carbonyl (C=O) groups excluding carboxylic acids is 1. The first-order chi connectivity index (χ1) is 9.97. The number of rotatable bonds is 2. The highest BCUT2D eigenvalue weighted by Crippen LogP contribution is 2.28. The lowest BCUT2D eigenvalue weighted by molar-refractivity contribution is 0.100. The van der Waals surface area contributed by atoms with Crippen molar-refractivity contribution in [3.63, 3.8) is 0 Å². The van der Waals surface area contributed by atoms with E-state index in [2.05, 4.69) is 9.97 Å². The zero-order valence-corrected chi connectivity index (χ0v) is 12.4. The van der Waals surface area contributed by atoms with E-state index < -0.39 is 5.91 Å². The summed E-state index contributed by atoms with van der Waals surface area (Å²) in [5.41, 5.74) is 7.58. The van der Waals surface area contributed by atoms with Crippen molar-refractivity contribution in [1.82, 2.24) is 9.97 Å². The normalized spacial score (nSPS) is 11.0. The van der Waals surface area contributed by atoms with Crippen molar-refractivity contribution in [2.24, 2.45) is 5.73 Å². The molecule has 0 atom stereocenters. The Morgan fingerprint density at radius 1 is 1.33 bits per heavy atom. The average molecular weight is 299 g/mol. The molecule has 0 saturated heterocycles. The quantitative estimate of drug-likeness (QED) is 0.761. The van der Waals surface area contributed by atoms with Crippen LogP contribution >= 0.6 is 11.3 Å². The summed E-state index contributed by atoms with van der Waals surface area (Å²) in [5, 5.41) is 0.435. The van der Waals surface area contributed by atoms with Crippen molar-refractivity contribution in [2.75, 3.05) is 0 Å². The standard InChI is InChI=1S/C15H13N3O2S/c1-7-4-3-5-9(6-7)13-17-14(20)10-8(2)11(12(16)19)21-15(10)18-13/h3-6H,1-2H3,(H2,16,19)(H,17,18,20). The highest BCUT2D eigenvalue weighted by Gasteiger charge is 2.17. The maximum atomic E-state index is 12.3. The number of aromatic nitrogens is 2. The monoisotopic (exact) mass is 299 g/mol. The van der Waals surface area contributed by atoms with E-state index in [0.717, 1.165) is 22.5 Å². The molecule has 0 aliphatic rings. The van der Waals surface area contributed by atoms with Crippen LogP contribution in [0.4, 0.5) is 0 Å². The molecule has 2 aromatic heterocycles. The molecule has 3 aromatic rings. The molecule has 6 heteroatoms. The Balaban J connectivity index is 2.29. The molecule has 0 bridgehead atoms. The second-order valence-corrected chi connectivity index (χ2v) is 5.88. The molecule has 0 unspecified atom stereocenters. The number of thiophene rings is 1. The van der Waals surface area contributed by atoms with Crippen molar-refractivity contribution < 1.29 is 4.79 Å². The van der Waals surface area contributed by atoms with Gasteiger partial charge in [-0.05, 0) is 25.5 Å². The number of fused-ring (bicyclic) bond motifs is 1. The third-order valence-corrected chi connectivity index (χ3v) is 4.52. The van der Waals surface area contributed by atoms with E-state index in [-0.39, 0.29) is 5.56 Å². The molecule has 21 heavy (non-hydrogen) atoms. The zero-order chi connectivity index (χ0) is 15.1. The summed E-state index contributed by atoms with van der Waals surface area (Å²) in [5.74, 6) is -0.0412. The Hall–Kier alpha value is -2.47. The van der Waals surface area contributed by atoms with E-state index in [1.807, 2.05) is 31.2 Å². The lowest BCUT2D eigenvalue weighted by Gasteiger charge is -2.02. The van der Waals surface area contributed by atoms with Gasteiger partial charge in [0, 0.05) is 5.56 Å². The van der Waals surface area contributed by atoms with Gasteiger partial charge < -0.3 is 10.7 Å². The summed E-state index contributed by atoms with van der Waals surface area (Å²) in [4.78, 5) is 31.8. The van der Waals surface area contributed by atoms with Crippen LogP contribution in [0.5, 0.6) is 0 Å². The largest absolute Gasteiger partial charge is 0.365 e. The fourth-order valence-electron chi connectivity index (χ4n) is 2.31. The zero-order valence-electron chi connectivity index (χ0n) is 11.6. The van der Waals surface area contributed by atoms with Gasteiger partial charge in [-0.15, -0.1) is 11.3 Å². The number of hydrogen-bond acceptors (Lipinski definition) is 4. The molecular formula is C15H13N3O2S. The number of benzene rings is 1. The van der Waals surface area contributed by atoms with Gasteiger partial charge in [0.05, 0.1) is 10.3 Å². The van der Waals surface area contributed by atoms with Gasteiger partial charge in [0.15, 0.2) is 0 Å². The van der Waals surface area contributed by atoms with E-state index in [0.29, 0.717) is 26.5 Å². The second kappa shape index (κ2) is 4.82. The Kier molecular flexibility index (Phi) is 3.10. The highest BCUT2D eigenvalue weighted by molar-refractivity contribution is 7.20. The van der Waals surface area contributed by atoms with E-state index in [1.54, 1.807) is 6.92 Å². The molecule has 1 aromatic carbocycles. The average Bonchev–Trinajstić information content (AvgIpc) is 2.76. The summed E-state index contributed by atoms with van der Waals surface area (Å²) >= 11 is 1.15. The van der Waals surface area contributed by atoms with Crippen molar-refractivity contribution in [1.29, 1.82) is 0 Å². The predicted molar refractivity (Wildman–Crippen MR) is 83.7 cm³/mol. The third kappa shape index (κ3) is 2.23. The van der Waals surface area contributed by atoms with Crippen LogP contribution in [0.2, 0.25) is 0 Å². The number of H-pyrrole nitrogens is 1. The van der Waals surface area contributed by atoms with Gasteiger partial charge in [0.25, 0.3) is 11.5 Å². The summed E-state index contributed by atoms with van der Waals surface area (Å²) in [7, 11) is 0. The fourth-order valence-corrected chi connectivity index (χ4v) is 3.34. The smallest absolute Gasteiger partial charge is 0.260 e. The summed E-state index contributed by atoms with van der Waals surface area (Å²) < 4.78 is 0. The van der Waals surface area contributed by atoms with Gasteiger partial charge in [-0.3, -0.25) is 9.59 Å². The number of carbonyl (C=O) groups is 1. The van der Waals surface area contributed by atoms with Crippen LogP contribution in [-0.4, -0.2) is 15.9 Å². The predicted octanol–water partition coefficient (Wildman–Crippen LogP) is 2.37. The van der Waals surface area contributed by atoms with Gasteiger partial charge in [-0.25, -0.2) is 4.98 Å². The Morgan fingerprint density at radius 2 is 2.10 bits per heavy atom. The molecule has 0 aliphatic carbocycles. The van der Waals surface area contributed by atoms with Crippen LogP contribution in [0.15, 0.2) is 29.1 Å². The third-order valence-electron chi connectivity index (χ3n) is 3.32. The minimum atomic E-state index is -0.535. The molecule has 3 N–H and O–H groups in total. The number of hydrogen-bond donors (Lipinski definition) is 2. The molecule has 5 nitrogen and oxygen atoms in total. The molecule has 0 saturated carbocycles. The molecule has 1 amide bonds. The van der Waals surface area contributed by atoms with Gasteiger partial charge in [0.2, 0.25) is 0 Å². The molecule has 106 valence electrons. The van der Waals surface area contributed by atoms with Gasteiger partial charge >= 0.3 is 0 Å². The van der Waals surface area contributed by atoms with E-state index in [4.69, 9.17) is 5.73 Å². The Labute approximate surface area is 124 Å². The van der Waals surface area contributed by atoms with Crippen LogP contribution in [0.25, 0.3) is 21.6 Å². The maximum absolute atomic E-state index is 12.3. The van der Waals surface area contributed by atoms with Crippen molar-refractivity contribution in [3.05, 3.63) is 50.6 Å². The number of nitrogens with zero attached hydrogens (tertiary/aromatic N) is 1. The van der Waals surface area contributed by atoms with E-state index in [9.17, 15) is 9.59 Å². The molecule has 0 radical (unpaired) electrons. The first-order valence-electron chi connectivity index (χ1n) is 6.37.